The van der Waals surface area contributed by atoms with Crippen LogP contribution in [0.25, 0.3) is 0 Å². The number of methoxy groups -OCH3 is 1. The first-order valence-corrected chi connectivity index (χ1v) is 13.5. The SMILES string of the molecule is COc1cc(Cc2ccc(S(=O)(=O)c3cc4c(cc3N(C)C)CCN(C)CC4)cc2)ccc1C(F)(F)F. The zero-order valence-electron chi connectivity index (χ0n) is 21.4. The lowest BCUT2D eigenvalue weighted by Gasteiger charge is -2.21. The maximum absolute atomic E-state index is 13.7. The molecule has 0 N–H and O–H groups in total. The van der Waals surface area contributed by atoms with Crippen LogP contribution in [0.1, 0.15) is 27.8 Å². The lowest BCUT2D eigenvalue weighted by atomic mass is 10.0. The Balaban J connectivity index is 1.63. The number of hydrogen-bond donors (Lipinski definition) is 0. The lowest BCUT2D eigenvalue weighted by Crippen LogP contribution is -2.20. The summed E-state index contributed by atoms with van der Waals surface area (Å²) in [5.74, 6) is -0.241. The number of sulfone groups is 1. The molecule has 4 rings (SSSR count). The molecule has 0 saturated carbocycles. The molecule has 1 heterocycles. The molecule has 0 unspecified atom stereocenters. The molecule has 37 heavy (non-hydrogen) atoms. The molecule has 3 aromatic carbocycles. The fourth-order valence-electron chi connectivity index (χ4n) is 4.65. The van der Waals surface area contributed by atoms with Gasteiger partial charge in [0.1, 0.15) is 5.75 Å². The van der Waals surface area contributed by atoms with E-state index in [0.29, 0.717) is 17.7 Å². The first kappa shape index (κ1) is 27.0. The highest BCUT2D eigenvalue weighted by Gasteiger charge is 2.34. The number of alkyl halides is 3. The van der Waals surface area contributed by atoms with E-state index in [1.54, 1.807) is 24.3 Å². The van der Waals surface area contributed by atoms with Crippen LogP contribution in [0.15, 0.2) is 64.4 Å². The second-order valence-corrected chi connectivity index (χ2v) is 11.6. The van der Waals surface area contributed by atoms with Crippen LogP contribution >= 0.6 is 0 Å². The summed E-state index contributed by atoms with van der Waals surface area (Å²) in [6, 6.07) is 14.1. The van der Waals surface area contributed by atoms with Crippen LogP contribution in [0.5, 0.6) is 5.75 Å². The lowest BCUT2D eigenvalue weighted by molar-refractivity contribution is -0.138. The van der Waals surface area contributed by atoms with Crippen molar-refractivity contribution in [2.24, 2.45) is 0 Å². The highest BCUT2D eigenvalue weighted by Crippen LogP contribution is 2.37. The third-order valence-corrected chi connectivity index (χ3v) is 8.59. The number of halogens is 3. The Labute approximate surface area is 216 Å². The summed E-state index contributed by atoms with van der Waals surface area (Å²) in [7, 11) is 3.15. The molecule has 0 aliphatic carbocycles. The van der Waals surface area contributed by atoms with Gasteiger partial charge in [0.15, 0.2) is 0 Å². The number of likely N-dealkylation sites (N-methyl/N-ethyl adjacent to an activating group) is 1. The van der Waals surface area contributed by atoms with Crippen molar-refractivity contribution in [2.45, 2.75) is 35.2 Å². The summed E-state index contributed by atoms with van der Waals surface area (Å²) in [6.45, 7) is 1.80. The molecular formula is C28H31F3N2O3S. The van der Waals surface area contributed by atoms with Crippen LogP contribution < -0.4 is 9.64 Å². The van der Waals surface area contributed by atoms with Crippen LogP contribution in [0, 0.1) is 0 Å². The highest BCUT2D eigenvalue weighted by molar-refractivity contribution is 7.91. The quantitative estimate of drug-likeness (QED) is 0.435. The van der Waals surface area contributed by atoms with Gasteiger partial charge in [-0.1, -0.05) is 18.2 Å². The normalized spacial score (nSPS) is 14.7. The molecule has 1 aliphatic heterocycles. The van der Waals surface area contributed by atoms with Gasteiger partial charge < -0.3 is 14.5 Å². The van der Waals surface area contributed by atoms with Gasteiger partial charge in [-0.3, -0.25) is 0 Å². The van der Waals surface area contributed by atoms with E-state index in [4.69, 9.17) is 4.74 Å². The number of fused-ring (bicyclic) bond motifs is 1. The van der Waals surface area contributed by atoms with Gasteiger partial charge in [-0.15, -0.1) is 0 Å². The van der Waals surface area contributed by atoms with Crippen molar-refractivity contribution in [3.63, 3.8) is 0 Å². The zero-order valence-corrected chi connectivity index (χ0v) is 22.2. The van der Waals surface area contributed by atoms with Gasteiger partial charge in [-0.25, -0.2) is 8.42 Å². The average Bonchev–Trinajstić information content (AvgIpc) is 3.03. The molecule has 0 saturated heterocycles. The molecule has 5 nitrogen and oxygen atoms in total. The van der Waals surface area contributed by atoms with Crippen molar-refractivity contribution in [3.05, 3.63) is 82.4 Å². The first-order valence-electron chi connectivity index (χ1n) is 12.0. The molecule has 0 spiro atoms. The second kappa shape index (κ2) is 10.4. The number of benzene rings is 3. The van der Waals surface area contributed by atoms with Crippen LogP contribution in [-0.4, -0.2) is 54.7 Å². The zero-order chi connectivity index (χ0) is 27.0. The van der Waals surface area contributed by atoms with Gasteiger partial charge in [0, 0.05) is 27.2 Å². The van der Waals surface area contributed by atoms with Crippen LogP contribution in [0.2, 0.25) is 0 Å². The van der Waals surface area contributed by atoms with Crippen LogP contribution in [-0.2, 0) is 35.3 Å². The average molecular weight is 533 g/mol. The Morgan fingerprint density at radius 1 is 0.919 bits per heavy atom. The van der Waals surface area contributed by atoms with E-state index < -0.39 is 21.6 Å². The van der Waals surface area contributed by atoms with Gasteiger partial charge in [0.05, 0.1) is 28.2 Å². The topological polar surface area (TPSA) is 49.9 Å². The van der Waals surface area contributed by atoms with E-state index in [1.807, 2.05) is 31.1 Å². The standard InChI is InChI=1S/C28H31F3N2O3S/c1-32(2)25-17-21-11-13-33(3)14-12-22(21)18-27(25)37(34,35)23-8-5-19(6-9-23)15-20-7-10-24(28(29,30)31)26(16-20)36-4/h5-10,16-18H,11-15H2,1-4H3. The van der Waals surface area contributed by atoms with Crippen molar-refractivity contribution in [1.82, 2.24) is 4.90 Å². The number of hydrogen-bond acceptors (Lipinski definition) is 5. The Hall–Kier alpha value is -3.04. The van der Waals surface area contributed by atoms with Crippen molar-refractivity contribution in [1.29, 1.82) is 0 Å². The van der Waals surface area contributed by atoms with Gasteiger partial charge in [0.2, 0.25) is 9.84 Å². The Kier molecular flexibility index (Phi) is 7.57. The third-order valence-electron chi connectivity index (χ3n) is 6.79. The summed E-state index contributed by atoms with van der Waals surface area (Å²) in [5, 5.41) is 0. The fraction of sp³-hybridized carbons (Fsp3) is 0.357. The largest absolute Gasteiger partial charge is 0.496 e. The minimum Gasteiger partial charge on any atom is -0.496 e. The van der Waals surface area contributed by atoms with E-state index >= 15 is 0 Å². The monoisotopic (exact) mass is 532 g/mol. The van der Waals surface area contributed by atoms with Gasteiger partial charge >= 0.3 is 6.18 Å². The molecule has 1 aliphatic rings. The number of ether oxygens (including phenoxy) is 1. The minimum absolute atomic E-state index is 0.176. The van der Waals surface area contributed by atoms with E-state index in [1.165, 1.54) is 24.8 Å². The molecule has 0 amide bonds. The Bertz CT molecular complexity index is 1390. The summed E-state index contributed by atoms with van der Waals surface area (Å²) >= 11 is 0. The Morgan fingerprint density at radius 3 is 2.08 bits per heavy atom. The first-order chi connectivity index (χ1) is 17.4. The molecule has 9 heteroatoms. The maximum Gasteiger partial charge on any atom is 0.419 e. The van der Waals surface area contributed by atoms with Crippen molar-refractivity contribution in [3.8, 4) is 5.75 Å². The van der Waals surface area contributed by atoms with E-state index in [-0.39, 0.29) is 15.5 Å². The number of anilines is 1. The summed E-state index contributed by atoms with van der Waals surface area (Å²) < 4.78 is 71.9. The van der Waals surface area contributed by atoms with Gasteiger partial charge in [-0.2, -0.15) is 13.2 Å². The molecule has 3 aromatic rings. The summed E-state index contributed by atoms with van der Waals surface area (Å²) in [6.07, 6.45) is -2.50. The van der Waals surface area contributed by atoms with Crippen molar-refractivity contribution < 1.29 is 26.3 Å². The molecule has 0 aromatic heterocycles. The van der Waals surface area contributed by atoms with Crippen molar-refractivity contribution in [2.75, 3.05) is 46.2 Å². The summed E-state index contributed by atoms with van der Waals surface area (Å²) in [4.78, 5) is 4.53. The van der Waals surface area contributed by atoms with Crippen LogP contribution in [0.3, 0.4) is 0 Å². The molecule has 0 atom stereocenters. The second-order valence-electron chi connectivity index (χ2n) is 9.64. The molecule has 198 valence electrons. The Morgan fingerprint density at radius 2 is 1.51 bits per heavy atom. The fourth-order valence-corrected chi connectivity index (χ4v) is 6.21. The van der Waals surface area contributed by atoms with Crippen molar-refractivity contribution >= 4 is 15.5 Å². The number of nitrogens with zero attached hydrogens (tertiary/aromatic N) is 2. The minimum atomic E-state index is -4.50. The third kappa shape index (κ3) is 5.78. The maximum atomic E-state index is 13.7. The van der Waals surface area contributed by atoms with E-state index in [2.05, 4.69) is 11.9 Å². The summed E-state index contributed by atoms with van der Waals surface area (Å²) in [5.41, 5.74) is 3.47. The molecule has 0 radical (unpaired) electrons. The predicted octanol–water partition coefficient (Wildman–Crippen LogP) is 5.23. The smallest absolute Gasteiger partial charge is 0.419 e. The van der Waals surface area contributed by atoms with Gasteiger partial charge in [-0.05, 0) is 85.0 Å². The number of rotatable bonds is 6. The molecule has 0 fully saturated rings. The highest BCUT2D eigenvalue weighted by atomic mass is 32.2. The molecule has 0 bridgehead atoms. The van der Waals surface area contributed by atoms with E-state index in [9.17, 15) is 21.6 Å². The predicted molar refractivity (Wildman–Crippen MR) is 138 cm³/mol. The van der Waals surface area contributed by atoms with Gasteiger partial charge in [0.25, 0.3) is 0 Å². The molecular weight excluding hydrogens is 501 g/mol. The van der Waals surface area contributed by atoms with E-state index in [0.717, 1.165) is 43.1 Å². The van der Waals surface area contributed by atoms with Crippen LogP contribution in [0.4, 0.5) is 18.9 Å².